The SMILES string of the molecule is CC(C)C(Sc1n[nH]c(-c2ccccc2F)n1)C(=O)NC(N)=O. The minimum absolute atomic E-state index is 0.0882. The third-order valence-corrected chi connectivity index (χ3v) is 4.34. The fraction of sp³-hybridized carbons (Fsp3) is 0.286. The third kappa shape index (κ3) is 4.28. The van der Waals surface area contributed by atoms with Crippen molar-refractivity contribution in [1.29, 1.82) is 0 Å². The number of nitrogens with one attached hydrogen (secondary N) is 2. The van der Waals surface area contributed by atoms with E-state index in [-0.39, 0.29) is 22.5 Å². The molecule has 1 aromatic heterocycles. The molecule has 0 spiro atoms. The number of aromatic amines is 1. The molecule has 0 saturated carbocycles. The van der Waals surface area contributed by atoms with E-state index in [0.29, 0.717) is 0 Å². The Kier molecular flexibility index (Phi) is 5.32. The number of imide groups is 1. The van der Waals surface area contributed by atoms with E-state index in [1.54, 1.807) is 18.2 Å². The van der Waals surface area contributed by atoms with Crippen LogP contribution in [0, 0.1) is 11.7 Å². The van der Waals surface area contributed by atoms with Gasteiger partial charge in [-0.3, -0.25) is 15.2 Å². The van der Waals surface area contributed by atoms with Crippen LogP contribution in [0.3, 0.4) is 0 Å². The van der Waals surface area contributed by atoms with Crippen LogP contribution in [0.4, 0.5) is 9.18 Å². The molecular formula is C14H16FN5O2S. The first-order valence-electron chi connectivity index (χ1n) is 6.82. The number of rotatable bonds is 5. The topological polar surface area (TPSA) is 114 Å². The van der Waals surface area contributed by atoms with Crippen molar-refractivity contribution in [3.8, 4) is 11.4 Å². The summed E-state index contributed by atoms with van der Waals surface area (Å²) in [5, 5.41) is 8.34. The van der Waals surface area contributed by atoms with E-state index in [1.165, 1.54) is 6.07 Å². The number of carbonyl (C=O) groups excluding carboxylic acids is 2. The van der Waals surface area contributed by atoms with E-state index >= 15 is 0 Å². The Hall–Kier alpha value is -2.42. The van der Waals surface area contributed by atoms with Crippen molar-refractivity contribution in [2.24, 2.45) is 11.7 Å². The van der Waals surface area contributed by atoms with Crippen molar-refractivity contribution in [3.05, 3.63) is 30.1 Å². The number of primary amides is 1. The molecule has 0 fully saturated rings. The average molecular weight is 337 g/mol. The van der Waals surface area contributed by atoms with E-state index in [1.807, 2.05) is 19.2 Å². The third-order valence-electron chi connectivity index (χ3n) is 2.94. The second kappa shape index (κ2) is 7.23. The molecule has 4 N–H and O–H groups in total. The van der Waals surface area contributed by atoms with Gasteiger partial charge in [0, 0.05) is 0 Å². The zero-order valence-corrected chi connectivity index (χ0v) is 13.4. The molecule has 0 saturated heterocycles. The highest BCUT2D eigenvalue weighted by Crippen LogP contribution is 2.27. The minimum atomic E-state index is -0.914. The number of aromatic nitrogens is 3. The zero-order valence-electron chi connectivity index (χ0n) is 12.5. The monoisotopic (exact) mass is 337 g/mol. The summed E-state index contributed by atoms with van der Waals surface area (Å²) in [6, 6.07) is 5.24. The van der Waals surface area contributed by atoms with Crippen LogP contribution in [0.25, 0.3) is 11.4 Å². The maximum atomic E-state index is 13.7. The van der Waals surface area contributed by atoms with Crippen LogP contribution in [-0.2, 0) is 4.79 Å². The van der Waals surface area contributed by atoms with Crippen LogP contribution in [-0.4, -0.2) is 32.4 Å². The van der Waals surface area contributed by atoms with Crippen LogP contribution in [0.15, 0.2) is 29.4 Å². The first kappa shape index (κ1) is 16.9. The van der Waals surface area contributed by atoms with Gasteiger partial charge in [-0.1, -0.05) is 37.7 Å². The van der Waals surface area contributed by atoms with Gasteiger partial charge in [-0.2, -0.15) is 0 Å². The number of H-pyrrole nitrogens is 1. The van der Waals surface area contributed by atoms with Gasteiger partial charge in [0.15, 0.2) is 5.82 Å². The Balaban J connectivity index is 2.18. The molecule has 23 heavy (non-hydrogen) atoms. The highest BCUT2D eigenvalue weighted by molar-refractivity contribution is 8.00. The van der Waals surface area contributed by atoms with Gasteiger partial charge < -0.3 is 5.73 Å². The molecule has 1 heterocycles. The molecule has 1 aromatic carbocycles. The molecular weight excluding hydrogens is 321 g/mol. The van der Waals surface area contributed by atoms with Crippen molar-refractivity contribution < 1.29 is 14.0 Å². The molecule has 0 aliphatic rings. The fourth-order valence-corrected chi connectivity index (χ4v) is 2.78. The van der Waals surface area contributed by atoms with Gasteiger partial charge in [0.2, 0.25) is 11.1 Å². The van der Waals surface area contributed by atoms with Gasteiger partial charge in [0.05, 0.1) is 10.8 Å². The Labute approximate surface area is 136 Å². The molecule has 1 atom stereocenters. The Morgan fingerprint density at radius 2 is 2.04 bits per heavy atom. The molecule has 7 nitrogen and oxygen atoms in total. The summed E-state index contributed by atoms with van der Waals surface area (Å²) >= 11 is 1.07. The Morgan fingerprint density at radius 3 is 2.65 bits per heavy atom. The number of carbonyl (C=O) groups is 2. The number of thioether (sulfide) groups is 1. The Morgan fingerprint density at radius 1 is 1.35 bits per heavy atom. The van der Waals surface area contributed by atoms with E-state index in [0.717, 1.165) is 11.8 Å². The second-order valence-electron chi connectivity index (χ2n) is 5.08. The van der Waals surface area contributed by atoms with Crippen molar-refractivity contribution >= 4 is 23.7 Å². The normalized spacial score (nSPS) is 12.2. The molecule has 3 amide bonds. The highest BCUT2D eigenvalue weighted by atomic mass is 32.2. The van der Waals surface area contributed by atoms with Crippen molar-refractivity contribution in [2.75, 3.05) is 0 Å². The second-order valence-corrected chi connectivity index (χ2v) is 6.19. The number of amides is 3. The van der Waals surface area contributed by atoms with Gasteiger partial charge in [-0.05, 0) is 18.1 Å². The molecule has 9 heteroatoms. The first-order valence-corrected chi connectivity index (χ1v) is 7.70. The van der Waals surface area contributed by atoms with E-state index in [9.17, 15) is 14.0 Å². The summed E-state index contributed by atoms with van der Waals surface area (Å²) in [7, 11) is 0. The summed E-state index contributed by atoms with van der Waals surface area (Å²) in [6.07, 6.45) is 0. The maximum absolute atomic E-state index is 13.7. The summed E-state index contributed by atoms with van der Waals surface area (Å²) in [5.41, 5.74) is 5.25. The lowest BCUT2D eigenvalue weighted by atomic mass is 10.1. The number of nitrogens with zero attached hydrogens (tertiary/aromatic N) is 2. The number of nitrogens with two attached hydrogens (primary N) is 1. The summed E-state index contributed by atoms with van der Waals surface area (Å²) in [4.78, 5) is 27.0. The molecule has 2 aromatic rings. The quantitative estimate of drug-likeness (QED) is 0.721. The molecule has 1 unspecified atom stereocenters. The smallest absolute Gasteiger partial charge is 0.318 e. The molecule has 0 aliphatic heterocycles. The van der Waals surface area contributed by atoms with Crippen LogP contribution in [0.5, 0.6) is 0 Å². The summed E-state index contributed by atoms with van der Waals surface area (Å²) in [5.74, 6) is -0.764. The first-order chi connectivity index (χ1) is 10.9. The van der Waals surface area contributed by atoms with Crippen LogP contribution < -0.4 is 11.1 Å². The minimum Gasteiger partial charge on any atom is -0.351 e. The molecule has 2 rings (SSSR count). The average Bonchev–Trinajstić information content (AvgIpc) is 2.92. The standard InChI is InChI=1S/C14H16FN5O2S/c1-7(2)10(12(21)18-13(16)22)23-14-17-11(19-20-14)8-5-3-4-6-9(8)15/h3-7,10H,1-2H3,(H,17,19,20)(H3,16,18,21,22). The van der Waals surface area contributed by atoms with Crippen LogP contribution >= 0.6 is 11.8 Å². The van der Waals surface area contributed by atoms with Crippen LogP contribution in [0.1, 0.15) is 13.8 Å². The lowest BCUT2D eigenvalue weighted by Gasteiger charge is -2.16. The molecule has 122 valence electrons. The van der Waals surface area contributed by atoms with Crippen molar-refractivity contribution in [2.45, 2.75) is 24.3 Å². The highest BCUT2D eigenvalue weighted by Gasteiger charge is 2.26. The van der Waals surface area contributed by atoms with Gasteiger partial charge >= 0.3 is 6.03 Å². The zero-order chi connectivity index (χ0) is 17.0. The van der Waals surface area contributed by atoms with Gasteiger partial charge in [0.25, 0.3) is 0 Å². The number of benzene rings is 1. The predicted molar refractivity (Wildman–Crippen MR) is 84.0 cm³/mol. The number of urea groups is 1. The molecule has 0 bridgehead atoms. The lowest BCUT2D eigenvalue weighted by molar-refractivity contribution is -0.120. The molecule has 0 radical (unpaired) electrons. The number of hydrogen-bond donors (Lipinski definition) is 3. The largest absolute Gasteiger partial charge is 0.351 e. The van der Waals surface area contributed by atoms with Gasteiger partial charge in [-0.25, -0.2) is 14.2 Å². The van der Waals surface area contributed by atoms with E-state index in [4.69, 9.17) is 5.73 Å². The summed E-state index contributed by atoms with van der Waals surface area (Å²) in [6.45, 7) is 3.64. The van der Waals surface area contributed by atoms with Crippen molar-refractivity contribution in [3.63, 3.8) is 0 Å². The molecule has 0 aliphatic carbocycles. The number of hydrogen-bond acceptors (Lipinski definition) is 5. The van der Waals surface area contributed by atoms with E-state index in [2.05, 4.69) is 15.2 Å². The fourth-order valence-electron chi connectivity index (χ4n) is 1.87. The predicted octanol–water partition coefficient (Wildman–Crippen LogP) is 1.92. The van der Waals surface area contributed by atoms with Gasteiger partial charge in [-0.15, -0.1) is 5.10 Å². The van der Waals surface area contributed by atoms with Crippen molar-refractivity contribution in [1.82, 2.24) is 20.5 Å². The maximum Gasteiger partial charge on any atom is 0.318 e. The number of halogens is 1. The van der Waals surface area contributed by atoms with Gasteiger partial charge in [0.1, 0.15) is 5.82 Å². The Bertz CT molecular complexity index is 719. The summed E-state index contributed by atoms with van der Waals surface area (Å²) < 4.78 is 13.7. The van der Waals surface area contributed by atoms with E-state index < -0.39 is 23.0 Å². The lowest BCUT2D eigenvalue weighted by Crippen LogP contribution is -2.42. The van der Waals surface area contributed by atoms with Crippen LogP contribution in [0.2, 0.25) is 0 Å².